The Labute approximate surface area is 127 Å². The Morgan fingerprint density at radius 3 is 2.68 bits per heavy atom. The van der Waals surface area contributed by atoms with Crippen molar-refractivity contribution in [2.24, 2.45) is 0 Å². The molecule has 0 saturated heterocycles. The van der Waals surface area contributed by atoms with E-state index in [4.69, 9.17) is 9.47 Å². The summed E-state index contributed by atoms with van der Waals surface area (Å²) < 4.78 is 9.77. The number of carbonyl (C=O) groups excluding carboxylic acids is 2. The van der Waals surface area contributed by atoms with Gasteiger partial charge in [0, 0.05) is 25.3 Å². The van der Waals surface area contributed by atoms with Crippen LogP contribution >= 0.6 is 0 Å². The second-order valence-corrected chi connectivity index (χ2v) is 4.59. The van der Waals surface area contributed by atoms with Gasteiger partial charge < -0.3 is 14.8 Å². The van der Waals surface area contributed by atoms with Crippen LogP contribution in [0, 0.1) is 17.0 Å². The Balaban J connectivity index is 2.70. The van der Waals surface area contributed by atoms with Crippen molar-refractivity contribution in [3.05, 3.63) is 39.4 Å². The standard InChI is InChI=1S/C14H18N2O6/c1-9-4-5-11(8-12(9)16(19)20)14(18)22-10(2)13(17)15-6-7-21-3/h4-5,8,10H,6-7H2,1-3H3,(H,15,17)/t10-/m0/s1. The molecule has 0 aliphatic heterocycles. The van der Waals surface area contributed by atoms with E-state index in [1.54, 1.807) is 6.92 Å². The highest BCUT2D eigenvalue weighted by Gasteiger charge is 2.21. The highest BCUT2D eigenvalue weighted by atomic mass is 16.6. The van der Waals surface area contributed by atoms with Crippen LogP contribution in [0.1, 0.15) is 22.8 Å². The van der Waals surface area contributed by atoms with Crippen molar-refractivity contribution in [2.45, 2.75) is 20.0 Å². The Bertz CT molecular complexity index is 572. The van der Waals surface area contributed by atoms with E-state index >= 15 is 0 Å². The number of rotatable bonds is 7. The zero-order valence-electron chi connectivity index (χ0n) is 12.6. The molecular weight excluding hydrogens is 292 g/mol. The first-order valence-electron chi connectivity index (χ1n) is 6.59. The summed E-state index contributed by atoms with van der Waals surface area (Å²) in [6.07, 6.45) is -1.01. The van der Waals surface area contributed by atoms with Crippen molar-refractivity contribution < 1.29 is 24.0 Å². The molecule has 0 radical (unpaired) electrons. The number of esters is 1. The highest BCUT2D eigenvalue weighted by molar-refractivity contribution is 5.92. The third-order valence-electron chi connectivity index (χ3n) is 2.90. The minimum atomic E-state index is -1.01. The Hall–Kier alpha value is -2.48. The van der Waals surface area contributed by atoms with Gasteiger partial charge in [0.2, 0.25) is 0 Å². The molecule has 1 atom stereocenters. The number of nitrogens with zero attached hydrogens (tertiary/aromatic N) is 1. The van der Waals surface area contributed by atoms with Gasteiger partial charge >= 0.3 is 5.97 Å². The lowest BCUT2D eigenvalue weighted by Gasteiger charge is -2.13. The van der Waals surface area contributed by atoms with E-state index < -0.39 is 22.9 Å². The second-order valence-electron chi connectivity index (χ2n) is 4.59. The van der Waals surface area contributed by atoms with Gasteiger partial charge in [-0.15, -0.1) is 0 Å². The zero-order valence-corrected chi connectivity index (χ0v) is 12.6. The normalized spacial score (nSPS) is 11.6. The molecule has 8 nitrogen and oxygen atoms in total. The van der Waals surface area contributed by atoms with Crippen LogP contribution in [0.3, 0.4) is 0 Å². The van der Waals surface area contributed by atoms with Gasteiger partial charge in [0.15, 0.2) is 6.10 Å². The van der Waals surface area contributed by atoms with Crippen molar-refractivity contribution in [2.75, 3.05) is 20.3 Å². The summed E-state index contributed by atoms with van der Waals surface area (Å²) in [7, 11) is 1.50. The van der Waals surface area contributed by atoms with Crippen molar-refractivity contribution in [3.8, 4) is 0 Å². The fourth-order valence-electron chi connectivity index (χ4n) is 1.64. The summed E-state index contributed by atoms with van der Waals surface area (Å²) in [5.41, 5.74) is 0.285. The first kappa shape index (κ1) is 17.6. The Kier molecular flexibility index (Phi) is 6.46. The molecule has 1 aromatic carbocycles. The molecular formula is C14H18N2O6. The molecule has 1 rings (SSSR count). The van der Waals surface area contributed by atoms with Gasteiger partial charge in [-0.05, 0) is 19.9 Å². The SMILES string of the molecule is COCCNC(=O)[C@H](C)OC(=O)c1ccc(C)c([N+](=O)[O-])c1. The first-order valence-corrected chi connectivity index (χ1v) is 6.59. The average molecular weight is 310 g/mol. The lowest BCUT2D eigenvalue weighted by atomic mass is 10.1. The molecule has 120 valence electrons. The summed E-state index contributed by atoms with van der Waals surface area (Å²) in [6.45, 7) is 3.63. The fraction of sp³-hybridized carbons (Fsp3) is 0.429. The monoisotopic (exact) mass is 310 g/mol. The molecule has 0 bridgehead atoms. The number of carbonyl (C=O) groups is 2. The summed E-state index contributed by atoms with van der Waals surface area (Å²) in [4.78, 5) is 33.9. The topological polar surface area (TPSA) is 108 Å². The van der Waals surface area contributed by atoms with Crippen molar-refractivity contribution in [3.63, 3.8) is 0 Å². The summed E-state index contributed by atoms with van der Waals surface area (Å²) in [6, 6.07) is 4.01. The predicted molar refractivity (Wildman–Crippen MR) is 77.6 cm³/mol. The molecule has 1 aromatic rings. The predicted octanol–water partition coefficient (Wildman–Crippen LogP) is 1.21. The van der Waals surface area contributed by atoms with Gasteiger partial charge in [-0.1, -0.05) is 6.07 Å². The quantitative estimate of drug-likeness (QED) is 0.351. The van der Waals surface area contributed by atoms with Crippen LogP contribution in [0.2, 0.25) is 0 Å². The number of methoxy groups -OCH3 is 1. The maximum absolute atomic E-state index is 11.9. The second kappa shape index (κ2) is 8.08. The minimum Gasteiger partial charge on any atom is -0.449 e. The van der Waals surface area contributed by atoms with Crippen molar-refractivity contribution >= 4 is 17.6 Å². The van der Waals surface area contributed by atoms with Crippen LogP contribution in [0.25, 0.3) is 0 Å². The number of aryl methyl sites for hydroxylation is 1. The van der Waals surface area contributed by atoms with Gasteiger partial charge in [0.25, 0.3) is 11.6 Å². The van der Waals surface area contributed by atoms with Crippen LogP contribution < -0.4 is 5.32 Å². The van der Waals surface area contributed by atoms with E-state index in [2.05, 4.69) is 5.32 Å². The number of amides is 1. The molecule has 1 N–H and O–H groups in total. The van der Waals surface area contributed by atoms with Crippen molar-refractivity contribution in [1.29, 1.82) is 0 Å². The summed E-state index contributed by atoms with van der Waals surface area (Å²) in [5, 5.41) is 13.4. The molecule has 0 spiro atoms. The lowest BCUT2D eigenvalue weighted by molar-refractivity contribution is -0.385. The zero-order chi connectivity index (χ0) is 16.7. The van der Waals surface area contributed by atoms with E-state index in [1.165, 1.54) is 26.2 Å². The first-order chi connectivity index (χ1) is 10.4. The van der Waals surface area contributed by atoms with E-state index in [-0.39, 0.29) is 11.3 Å². The van der Waals surface area contributed by atoms with Crippen molar-refractivity contribution in [1.82, 2.24) is 5.32 Å². The van der Waals surface area contributed by atoms with E-state index in [9.17, 15) is 19.7 Å². The van der Waals surface area contributed by atoms with Crippen LogP contribution in [-0.4, -0.2) is 43.2 Å². The average Bonchev–Trinajstić information content (AvgIpc) is 2.47. The molecule has 0 fully saturated rings. The number of nitro groups is 1. The fourth-order valence-corrected chi connectivity index (χ4v) is 1.64. The highest BCUT2D eigenvalue weighted by Crippen LogP contribution is 2.20. The molecule has 1 amide bonds. The number of nitrogens with one attached hydrogen (secondary N) is 1. The van der Waals surface area contributed by atoms with Gasteiger partial charge in [-0.2, -0.15) is 0 Å². The van der Waals surface area contributed by atoms with E-state index in [1.807, 2.05) is 0 Å². The molecule has 0 unspecified atom stereocenters. The number of hydrogen-bond donors (Lipinski definition) is 1. The Morgan fingerprint density at radius 1 is 1.41 bits per heavy atom. The van der Waals surface area contributed by atoms with Crippen LogP contribution in [0.4, 0.5) is 5.69 Å². The van der Waals surface area contributed by atoms with Gasteiger partial charge in [0.05, 0.1) is 17.1 Å². The maximum atomic E-state index is 11.9. The van der Waals surface area contributed by atoms with Crippen LogP contribution in [-0.2, 0) is 14.3 Å². The smallest absolute Gasteiger partial charge is 0.339 e. The van der Waals surface area contributed by atoms with Gasteiger partial charge in [-0.3, -0.25) is 14.9 Å². The van der Waals surface area contributed by atoms with E-state index in [0.29, 0.717) is 18.7 Å². The summed E-state index contributed by atoms with van der Waals surface area (Å²) in [5.74, 6) is -1.26. The number of benzene rings is 1. The summed E-state index contributed by atoms with van der Waals surface area (Å²) >= 11 is 0. The molecule has 8 heteroatoms. The minimum absolute atomic E-state index is 0.0221. The maximum Gasteiger partial charge on any atom is 0.339 e. The van der Waals surface area contributed by atoms with Gasteiger partial charge in [-0.25, -0.2) is 4.79 Å². The molecule has 0 heterocycles. The van der Waals surface area contributed by atoms with Crippen LogP contribution in [0.5, 0.6) is 0 Å². The number of hydrogen-bond acceptors (Lipinski definition) is 6. The Morgan fingerprint density at radius 2 is 2.09 bits per heavy atom. The largest absolute Gasteiger partial charge is 0.449 e. The molecule has 0 saturated carbocycles. The third-order valence-corrected chi connectivity index (χ3v) is 2.90. The van der Waals surface area contributed by atoms with Crippen LogP contribution in [0.15, 0.2) is 18.2 Å². The van der Waals surface area contributed by atoms with Gasteiger partial charge in [0.1, 0.15) is 0 Å². The lowest BCUT2D eigenvalue weighted by Crippen LogP contribution is -2.37. The molecule has 0 aliphatic rings. The molecule has 0 aromatic heterocycles. The third kappa shape index (κ3) is 4.81. The number of nitro benzene ring substituents is 1. The van der Waals surface area contributed by atoms with E-state index in [0.717, 1.165) is 6.07 Å². The number of ether oxygens (including phenoxy) is 2. The molecule has 0 aliphatic carbocycles. The molecule has 22 heavy (non-hydrogen) atoms.